The fourth-order valence-corrected chi connectivity index (χ4v) is 4.02. The van der Waals surface area contributed by atoms with E-state index in [1.807, 2.05) is 0 Å². The monoisotopic (exact) mass is 246 g/mol. The van der Waals surface area contributed by atoms with Crippen LogP contribution >= 0.6 is 0 Å². The molecule has 0 aromatic carbocycles. The van der Waals surface area contributed by atoms with E-state index in [0.717, 1.165) is 19.5 Å². The van der Waals surface area contributed by atoms with E-state index in [0.29, 0.717) is 18.9 Å². The second-order valence-corrected chi connectivity index (χ2v) is 6.93. The summed E-state index contributed by atoms with van der Waals surface area (Å²) in [5.74, 6) is 0.284. The van der Waals surface area contributed by atoms with Crippen molar-refractivity contribution in [2.75, 3.05) is 31.1 Å². The van der Waals surface area contributed by atoms with Gasteiger partial charge in [-0.1, -0.05) is 0 Å². The van der Waals surface area contributed by atoms with E-state index in [1.165, 1.54) is 0 Å². The Morgan fingerprint density at radius 3 is 2.75 bits per heavy atom. The highest BCUT2D eigenvalue weighted by Crippen LogP contribution is 2.18. The number of hydrogen-bond acceptors (Lipinski definition) is 4. The summed E-state index contributed by atoms with van der Waals surface area (Å²) in [6.07, 6.45) is 1.57. The topological polar surface area (TPSA) is 75.3 Å². The average molecular weight is 246 g/mol. The molecular formula is C10H18N2O3S. The largest absolute Gasteiger partial charge is 0.356 e. The van der Waals surface area contributed by atoms with Crippen molar-refractivity contribution in [2.45, 2.75) is 12.8 Å². The third-order valence-corrected chi connectivity index (χ3v) is 5.10. The molecule has 0 spiro atoms. The zero-order valence-electron chi connectivity index (χ0n) is 9.24. The lowest BCUT2D eigenvalue weighted by Gasteiger charge is -2.12. The Morgan fingerprint density at radius 2 is 2.19 bits per heavy atom. The first-order chi connectivity index (χ1) is 7.57. The standard InChI is InChI=1S/C10H18N2O3S/c13-10(9-2-4-16(14,15)7-9)12-6-8-1-3-11-5-8/h8-9,11H,1-7H2,(H,12,13). The molecule has 16 heavy (non-hydrogen) atoms. The van der Waals surface area contributed by atoms with Crippen LogP contribution in [0.4, 0.5) is 0 Å². The van der Waals surface area contributed by atoms with Crippen LogP contribution in [0, 0.1) is 11.8 Å². The Morgan fingerprint density at radius 1 is 1.38 bits per heavy atom. The van der Waals surface area contributed by atoms with Gasteiger partial charge in [-0.2, -0.15) is 0 Å². The van der Waals surface area contributed by atoms with Crippen molar-refractivity contribution in [3.63, 3.8) is 0 Å². The SMILES string of the molecule is O=C(NCC1CCNC1)C1CCS(=O)(=O)C1. The molecule has 2 unspecified atom stereocenters. The van der Waals surface area contributed by atoms with Crippen molar-refractivity contribution in [1.29, 1.82) is 0 Å². The third-order valence-electron chi connectivity index (χ3n) is 3.33. The molecule has 2 N–H and O–H groups in total. The molecule has 6 heteroatoms. The fourth-order valence-electron chi connectivity index (χ4n) is 2.28. The maximum absolute atomic E-state index is 11.7. The first-order valence-corrected chi connectivity index (χ1v) is 7.58. The predicted molar refractivity (Wildman–Crippen MR) is 60.7 cm³/mol. The van der Waals surface area contributed by atoms with Crippen molar-refractivity contribution in [1.82, 2.24) is 10.6 Å². The molecule has 0 aromatic heterocycles. The molecular weight excluding hydrogens is 228 g/mol. The summed E-state index contributed by atoms with van der Waals surface area (Å²) < 4.78 is 22.4. The summed E-state index contributed by atoms with van der Waals surface area (Å²) in [5, 5.41) is 6.09. The Hall–Kier alpha value is -0.620. The summed E-state index contributed by atoms with van der Waals surface area (Å²) in [7, 11) is -2.95. The van der Waals surface area contributed by atoms with Crippen LogP contribution in [0.5, 0.6) is 0 Å². The van der Waals surface area contributed by atoms with Gasteiger partial charge in [-0.05, 0) is 31.8 Å². The van der Waals surface area contributed by atoms with Crippen LogP contribution in [0.15, 0.2) is 0 Å². The summed E-state index contributed by atoms with van der Waals surface area (Å²) >= 11 is 0. The molecule has 2 aliphatic rings. The lowest BCUT2D eigenvalue weighted by Crippen LogP contribution is -2.35. The number of carbonyl (C=O) groups excluding carboxylic acids is 1. The summed E-state index contributed by atoms with van der Waals surface area (Å²) in [5.41, 5.74) is 0. The van der Waals surface area contributed by atoms with Crippen molar-refractivity contribution in [3.8, 4) is 0 Å². The third kappa shape index (κ3) is 2.95. The van der Waals surface area contributed by atoms with Gasteiger partial charge in [-0.15, -0.1) is 0 Å². The molecule has 5 nitrogen and oxygen atoms in total. The first kappa shape index (κ1) is 11.9. The van der Waals surface area contributed by atoms with Crippen molar-refractivity contribution in [2.24, 2.45) is 11.8 Å². The van der Waals surface area contributed by atoms with Crippen LogP contribution < -0.4 is 10.6 Å². The second kappa shape index (κ2) is 4.71. The van der Waals surface area contributed by atoms with Gasteiger partial charge in [0.15, 0.2) is 9.84 Å². The highest BCUT2D eigenvalue weighted by molar-refractivity contribution is 7.91. The second-order valence-electron chi connectivity index (χ2n) is 4.70. The van der Waals surface area contributed by atoms with Gasteiger partial charge in [-0.25, -0.2) is 8.42 Å². The minimum atomic E-state index is -2.95. The minimum Gasteiger partial charge on any atom is -0.356 e. The Balaban J connectivity index is 1.76. The lowest BCUT2D eigenvalue weighted by molar-refractivity contribution is -0.124. The van der Waals surface area contributed by atoms with E-state index in [-0.39, 0.29) is 23.3 Å². The van der Waals surface area contributed by atoms with Crippen molar-refractivity contribution < 1.29 is 13.2 Å². The molecule has 1 amide bonds. The molecule has 2 fully saturated rings. The summed E-state index contributed by atoms with van der Waals surface area (Å²) in [6.45, 7) is 2.63. The van der Waals surface area contributed by atoms with Crippen LogP contribution in [-0.4, -0.2) is 45.5 Å². The first-order valence-electron chi connectivity index (χ1n) is 5.76. The molecule has 2 heterocycles. The quantitative estimate of drug-likeness (QED) is 0.680. The average Bonchev–Trinajstić information content (AvgIpc) is 2.83. The van der Waals surface area contributed by atoms with Crippen LogP contribution in [0.3, 0.4) is 0 Å². The van der Waals surface area contributed by atoms with E-state index in [4.69, 9.17) is 0 Å². The number of sulfone groups is 1. The van der Waals surface area contributed by atoms with E-state index < -0.39 is 9.84 Å². The highest BCUT2D eigenvalue weighted by atomic mass is 32.2. The maximum atomic E-state index is 11.7. The molecule has 0 saturated carbocycles. The van der Waals surface area contributed by atoms with Crippen LogP contribution in [-0.2, 0) is 14.6 Å². The van der Waals surface area contributed by atoms with E-state index in [9.17, 15) is 13.2 Å². The Bertz CT molecular complexity index is 360. The van der Waals surface area contributed by atoms with Crippen LogP contribution in [0.2, 0.25) is 0 Å². The molecule has 0 bridgehead atoms. The molecule has 2 rings (SSSR count). The van der Waals surface area contributed by atoms with Crippen molar-refractivity contribution in [3.05, 3.63) is 0 Å². The maximum Gasteiger partial charge on any atom is 0.224 e. The fraction of sp³-hybridized carbons (Fsp3) is 0.900. The van der Waals surface area contributed by atoms with Gasteiger partial charge >= 0.3 is 0 Å². The highest BCUT2D eigenvalue weighted by Gasteiger charge is 2.33. The van der Waals surface area contributed by atoms with Gasteiger partial charge in [0, 0.05) is 6.54 Å². The molecule has 2 aliphatic heterocycles. The summed E-state index contributed by atoms with van der Waals surface area (Å²) in [6, 6.07) is 0. The normalized spacial score (nSPS) is 32.8. The van der Waals surface area contributed by atoms with Gasteiger partial charge in [-0.3, -0.25) is 4.79 Å². The van der Waals surface area contributed by atoms with Gasteiger partial charge in [0.05, 0.1) is 17.4 Å². The molecule has 0 aromatic rings. The van der Waals surface area contributed by atoms with Gasteiger partial charge < -0.3 is 10.6 Å². The smallest absolute Gasteiger partial charge is 0.224 e. The zero-order chi connectivity index (χ0) is 11.6. The zero-order valence-corrected chi connectivity index (χ0v) is 10.1. The Kier molecular flexibility index (Phi) is 3.49. The number of carbonyl (C=O) groups is 1. The van der Waals surface area contributed by atoms with E-state index in [1.54, 1.807) is 0 Å². The van der Waals surface area contributed by atoms with Crippen molar-refractivity contribution >= 4 is 15.7 Å². The van der Waals surface area contributed by atoms with E-state index in [2.05, 4.69) is 10.6 Å². The molecule has 2 atom stereocenters. The number of rotatable bonds is 3. The molecule has 2 saturated heterocycles. The molecule has 92 valence electrons. The molecule has 0 radical (unpaired) electrons. The molecule has 0 aliphatic carbocycles. The number of amides is 1. The lowest BCUT2D eigenvalue weighted by atomic mass is 10.1. The van der Waals surface area contributed by atoms with Crippen LogP contribution in [0.1, 0.15) is 12.8 Å². The van der Waals surface area contributed by atoms with Crippen LogP contribution in [0.25, 0.3) is 0 Å². The van der Waals surface area contributed by atoms with Gasteiger partial charge in [0.25, 0.3) is 0 Å². The Labute approximate surface area is 95.9 Å². The van der Waals surface area contributed by atoms with E-state index >= 15 is 0 Å². The summed E-state index contributed by atoms with van der Waals surface area (Å²) in [4.78, 5) is 11.7. The number of hydrogen-bond donors (Lipinski definition) is 2. The predicted octanol–water partition coefficient (Wildman–Crippen LogP) is -0.853. The van der Waals surface area contributed by atoms with Gasteiger partial charge in [0.1, 0.15) is 0 Å². The number of nitrogens with one attached hydrogen (secondary N) is 2. The minimum absolute atomic E-state index is 0.0295. The van der Waals surface area contributed by atoms with Gasteiger partial charge in [0.2, 0.25) is 5.91 Å².